The van der Waals surface area contributed by atoms with Gasteiger partial charge in [0.2, 0.25) is 0 Å². The summed E-state index contributed by atoms with van der Waals surface area (Å²) in [5.74, 6) is 1.34. The highest BCUT2D eigenvalue weighted by Gasteiger charge is 2.38. The third kappa shape index (κ3) is 4.41. The van der Waals surface area contributed by atoms with Crippen LogP contribution in [0.3, 0.4) is 0 Å². The largest absolute Gasteiger partial charge is 0.450 e. The molecule has 0 saturated carbocycles. The molecule has 3 atom stereocenters. The van der Waals surface area contributed by atoms with Crippen molar-refractivity contribution in [2.24, 2.45) is 17.8 Å². The lowest BCUT2D eigenvalue weighted by molar-refractivity contribution is 0.0687. The zero-order valence-corrected chi connectivity index (χ0v) is 19.7. The molecule has 2 heterocycles. The Hall–Kier alpha value is -2.20. The second kappa shape index (κ2) is 9.12. The molecule has 0 radical (unpaired) electrons. The molecule has 1 aliphatic heterocycles. The van der Waals surface area contributed by atoms with Crippen LogP contribution >= 0.6 is 11.6 Å². The van der Waals surface area contributed by atoms with Crippen molar-refractivity contribution in [2.75, 3.05) is 13.2 Å². The number of nitrogens with zero attached hydrogens (tertiary/aromatic N) is 1. The molecule has 1 aromatic carbocycles. The van der Waals surface area contributed by atoms with Crippen LogP contribution in [-0.4, -0.2) is 29.1 Å². The van der Waals surface area contributed by atoms with Gasteiger partial charge in [0.05, 0.1) is 12.6 Å². The van der Waals surface area contributed by atoms with Crippen molar-refractivity contribution in [3.63, 3.8) is 0 Å². The van der Waals surface area contributed by atoms with Crippen LogP contribution in [0.1, 0.15) is 57.8 Å². The fourth-order valence-electron chi connectivity index (χ4n) is 5.18. The zero-order valence-electron chi connectivity index (χ0n) is 19.0. The Labute approximate surface area is 190 Å². The van der Waals surface area contributed by atoms with Gasteiger partial charge in [-0.2, -0.15) is 0 Å². The van der Waals surface area contributed by atoms with Gasteiger partial charge in [0, 0.05) is 28.2 Å². The molecular formula is C26H33ClN2O2. The minimum absolute atomic E-state index is 0.0298. The van der Waals surface area contributed by atoms with Crippen LogP contribution in [0.15, 0.2) is 42.0 Å². The van der Waals surface area contributed by atoms with Crippen molar-refractivity contribution < 1.29 is 9.53 Å². The average molecular weight is 441 g/mol. The highest BCUT2D eigenvalue weighted by Crippen LogP contribution is 2.42. The van der Waals surface area contributed by atoms with Crippen LogP contribution in [0.5, 0.6) is 0 Å². The van der Waals surface area contributed by atoms with E-state index in [0.717, 1.165) is 35.5 Å². The van der Waals surface area contributed by atoms with Gasteiger partial charge < -0.3 is 9.72 Å². The van der Waals surface area contributed by atoms with Crippen molar-refractivity contribution in [1.29, 1.82) is 0 Å². The second-order valence-corrected chi connectivity index (χ2v) is 9.66. The number of fused-ring (bicyclic) bond motifs is 3. The van der Waals surface area contributed by atoms with E-state index in [2.05, 4.69) is 44.0 Å². The van der Waals surface area contributed by atoms with E-state index in [1.165, 1.54) is 16.5 Å². The molecule has 0 spiro atoms. The van der Waals surface area contributed by atoms with Crippen molar-refractivity contribution in [2.45, 2.75) is 53.0 Å². The monoisotopic (exact) mass is 440 g/mol. The van der Waals surface area contributed by atoms with E-state index in [4.69, 9.17) is 16.3 Å². The van der Waals surface area contributed by atoms with Gasteiger partial charge in [-0.1, -0.05) is 50.6 Å². The first-order valence-corrected chi connectivity index (χ1v) is 11.9. The molecule has 166 valence electrons. The number of nitrogens with one attached hydrogen (secondary N) is 1. The van der Waals surface area contributed by atoms with Crippen LogP contribution in [0.2, 0.25) is 5.02 Å². The van der Waals surface area contributed by atoms with Crippen molar-refractivity contribution in [3.05, 3.63) is 58.3 Å². The summed E-state index contributed by atoms with van der Waals surface area (Å²) in [4.78, 5) is 18.4. The van der Waals surface area contributed by atoms with Crippen LogP contribution in [0.25, 0.3) is 10.9 Å². The zero-order chi connectivity index (χ0) is 22.1. The molecule has 0 bridgehead atoms. The Morgan fingerprint density at radius 2 is 2.13 bits per heavy atom. The minimum atomic E-state index is -0.220. The van der Waals surface area contributed by atoms with E-state index in [9.17, 15) is 4.79 Å². The van der Waals surface area contributed by atoms with Crippen LogP contribution in [0, 0.1) is 17.8 Å². The first-order valence-electron chi connectivity index (χ1n) is 11.5. The maximum absolute atomic E-state index is 12.8. The first kappa shape index (κ1) is 22.0. The van der Waals surface area contributed by atoms with Crippen LogP contribution in [0.4, 0.5) is 4.79 Å². The summed E-state index contributed by atoms with van der Waals surface area (Å²) in [5.41, 5.74) is 4.93. The molecule has 1 aromatic heterocycles. The van der Waals surface area contributed by atoms with Gasteiger partial charge in [-0.05, 0) is 73.3 Å². The van der Waals surface area contributed by atoms with Gasteiger partial charge in [0.1, 0.15) is 0 Å². The number of carbonyl (C=O) groups excluding carboxylic acids is 1. The standard InChI is InChI=1S/C26H33ClN2O2/c1-5-31-26(30)29-13-12-21-22-15-20(27)10-11-23(22)28-24(21)25(29)17(4)14-18-6-8-19(9-7-18)16(2)3/h6,8-11,15-18,25,28H,5,7,12-14H2,1-4H3. The van der Waals surface area contributed by atoms with E-state index in [1.807, 2.05) is 30.0 Å². The number of H-pyrrole nitrogens is 1. The number of ether oxygens (including phenoxy) is 1. The SMILES string of the molecule is CCOC(=O)N1CCc2c([nH]c3ccc(Cl)cc23)C1C(C)CC1C=CC(C(C)C)=CC1. The summed E-state index contributed by atoms with van der Waals surface area (Å²) in [5, 5.41) is 1.91. The van der Waals surface area contributed by atoms with Gasteiger partial charge in [-0.25, -0.2) is 4.79 Å². The molecule has 0 saturated heterocycles. The first-order chi connectivity index (χ1) is 14.9. The lowest BCUT2D eigenvalue weighted by Gasteiger charge is -2.39. The lowest BCUT2D eigenvalue weighted by atomic mass is 9.81. The fourth-order valence-corrected chi connectivity index (χ4v) is 5.36. The summed E-state index contributed by atoms with van der Waals surface area (Å²) < 4.78 is 5.43. The van der Waals surface area contributed by atoms with Crippen LogP contribution in [-0.2, 0) is 11.2 Å². The van der Waals surface area contributed by atoms with Crippen molar-refractivity contribution in [3.8, 4) is 0 Å². The third-order valence-electron chi connectivity index (χ3n) is 6.74. The predicted octanol–water partition coefficient (Wildman–Crippen LogP) is 7.06. The van der Waals surface area contributed by atoms with Crippen molar-refractivity contribution >= 4 is 28.6 Å². The number of aromatic amines is 1. The molecular weight excluding hydrogens is 408 g/mol. The van der Waals surface area contributed by atoms with E-state index in [-0.39, 0.29) is 18.1 Å². The summed E-state index contributed by atoms with van der Waals surface area (Å²) in [6.45, 7) is 9.66. The molecule has 4 nitrogen and oxygen atoms in total. The second-order valence-electron chi connectivity index (χ2n) is 9.22. The van der Waals surface area contributed by atoms with Crippen molar-refractivity contribution in [1.82, 2.24) is 9.88 Å². The number of carbonyl (C=O) groups is 1. The van der Waals surface area contributed by atoms with E-state index >= 15 is 0 Å². The van der Waals surface area contributed by atoms with Gasteiger partial charge in [-0.3, -0.25) is 4.90 Å². The highest BCUT2D eigenvalue weighted by molar-refractivity contribution is 6.31. The Morgan fingerprint density at radius 3 is 2.81 bits per heavy atom. The number of hydrogen-bond acceptors (Lipinski definition) is 2. The molecule has 5 heteroatoms. The molecule has 1 amide bonds. The Morgan fingerprint density at radius 1 is 1.32 bits per heavy atom. The molecule has 2 aromatic rings. The molecule has 1 aliphatic carbocycles. The topological polar surface area (TPSA) is 45.3 Å². The van der Waals surface area contributed by atoms with E-state index in [1.54, 1.807) is 0 Å². The number of aromatic nitrogens is 1. The minimum Gasteiger partial charge on any atom is -0.450 e. The maximum atomic E-state index is 12.8. The molecule has 31 heavy (non-hydrogen) atoms. The molecule has 2 aliphatic rings. The third-order valence-corrected chi connectivity index (χ3v) is 6.97. The smallest absolute Gasteiger partial charge is 0.410 e. The summed E-state index contributed by atoms with van der Waals surface area (Å²) in [6.07, 6.45) is 9.69. The van der Waals surface area contributed by atoms with E-state index in [0.29, 0.717) is 25.0 Å². The number of rotatable bonds is 5. The Bertz CT molecular complexity index is 1020. The summed E-state index contributed by atoms with van der Waals surface area (Å²) >= 11 is 6.29. The fraction of sp³-hybridized carbons (Fsp3) is 0.500. The normalized spacial score (nSPS) is 21.9. The van der Waals surface area contributed by atoms with Crippen LogP contribution < -0.4 is 0 Å². The number of benzene rings is 1. The molecule has 4 rings (SSSR count). The maximum Gasteiger partial charge on any atom is 0.410 e. The Kier molecular flexibility index (Phi) is 6.47. The lowest BCUT2D eigenvalue weighted by Crippen LogP contribution is -2.43. The van der Waals surface area contributed by atoms with Gasteiger partial charge >= 0.3 is 6.09 Å². The molecule has 1 N–H and O–H groups in total. The summed E-state index contributed by atoms with van der Waals surface area (Å²) in [7, 11) is 0. The van der Waals surface area contributed by atoms with Gasteiger partial charge in [-0.15, -0.1) is 0 Å². The molecule has 3 unspecified atom stereocenters. The number of amides is 1. The summed E-state index contributed by atoms with van der Waals surface area (Å²) in [6, 6.07) is 5.96. The molecule has 0 fully saturated rings. The number of hydrogen-bond donors (Lipinski definition) is 1. The quantitative estimate of drug-likeness (QED) is 0.540. The average Bonchev–Trinajstić information content (AvgIpc) is 3.11. The number of allylic oxidation sites excluding steroid dienone is 4. The Balaban J connectivity index is 1.64. The number of halogens is 1. The van der Waals surface area contributed by atoms with Gasteiger partial charge in [0.15, 0.2) is 0 Å². The van der Waals surface area contributed by atoms with Gasteiger partial charge in [0.25, 0.3) is 0 Å². The van der Waals surface area contributed by atoms with E-state index < -0.39 is 0 Å². The highest BCUT2D eigenvalue weighted by atomic mass is 35.5. The predicted molar refractivity (Wildman–Crippen MR) is 127 cm³/mol.